The van der Waals surface area contributed by atoms with Crippen molar-refractivity contribution in [1.29, 1.82) is 0 Å². The van der Waals surface area contributed by atoms with E-state index >= 15 is 0 Å². The molecule has 1 unspecified atom stereocenters. The number of nitrogens with zero attached hydrogens (tertiary/aromatic N) is 1. The number of fused-ring (bicyclic) bond motifs is 1. The summed E-state index contributed by atoms with van der Waals surface area (Å²) in [6.07, 6.45) is 1.15. The molecule has 1 amide bonds. The minimum Gasteiger partial charge on any atom is -0.356 e. The molecule has 0 fully saturated rings. The molecule has 1 aliphatic heterocycles. The van der Waals surface area contributed by atoms with E-state index in [0.717, 1.165) is 16.8 Å². The number of anilines is 1. The van der Waals surface area contributed by atoms with Crippen LogP contribution in [0.5, 0.6) is 0 Å². The van der Waals surface area contributed by atoms with Gasteiger partial charge >= 0.3 is 0 Å². The van der Waals surface area contributed by atoms with E-state index in [1.807, 2.05) is 30.3 Å². The molecule has 0 radical (unpaired) electrons. The van der Waals surface area contributed by atoms with E-state index < -0.39 is 0 Å². The van der Waals surface area contributed by atoms with Gasteiger partial charge in [-0.1, -0.05) is 30.3 Å². The highest BCUT2D eigenvalue weighted by Gasteiger charge is 2.24. The standard InChI is InChI=1S/C20H23FN4O/c1-22-20(23-10-9-14-5-4-6-16(21)11-14)24-13-15-12-19(26)25-18-8-3-2-7-17(15)18/h2-8,11,15H,9-10,12-13H2,1H3,(H,25,26)(H2,22,23,24). The Kier molecular flexibility index (Phi) is 5.84. The van der Waals surface area contributed by atoms with Gasteiger partial charge in [0.1, 0.15) is 5.82 Å². The molecular formula is C20H23FN4O. The molecule has 0 aromatic heterocycles. The zero-order valence-corrected chi connectivity index (χ0v) is 14.8. The molecule has 1 aliphatic rings. The highest BCUT2D eigenvalue weighted by molar-refractivity contribution is 5.94. The lowest BCUT2D eigenvalue weighted by Gasteiger charge is -2.26. The van der Waals surface area contributed by atoms with Crippen LogP contribution >= 0.6 is 0 Å². The van der Waals surface area contributed by atoms with Gasteiger partial charge in [0, 0.05) is 38.2 Å². The Morgan fingerprint density at radius 2 is 2.08 bits per heavy atom. The minimum absolute atomic E-state index is 0.0320. The molecule has 1 heterocycles. The lowest BCUT2D eigenvalue weighted by atomic mass is 9.90. The number of aliphatic imine (C=N–C) groups is 1. The predicted molar refractivity (Wildman–Crippen MR) is 102 cm³/mol. The van der Waals surface area contributed by atoms with Crippen LogP contribution in [-0.4, -0.2) is 32.0 Å². The van der Waals surface area contributed by atoms with Crippen LogP contribution in [0.3, 0.4) is 0 Å². The second kappa shape index (κ2) is 8.47. The van der Waals surface area contributed by atoms with Crippen molar-refractivity contribution in [1.82, 2.24) is 10.6 Å². The van der Waals surface area contributed by atoms with E-state index in [0.29, 0.717) is 31.9 Å². The fraction of sp³-hybridized carbons (Fsp3) is 0.300. The average Bonchev–Trinajstić information content (AvgIpc) is 2.64. The monoisotopic (exact) mass is 354 g/mol. The fourth-order valence-corrected chi connectivity index (χ4v) is 3.14. The van der Waals surface area contributed by atoms with Gasteiger partial charge in [-0.2, -0.15) is 0 Å². The summed E-state index contributed by atoms with van der Waals surface area (Å²) < 4.78 is 13.2. The maximum atomic E-state index is 13.2. The first-order valence-corrected chi connectivity index (χ1v) is 8.73. The summed E-state index contributed by atoms with van der Waals surface area (Å²) in [4.78, 5) is 16.1. The average molecular weight is 354 g/mol. The number of para-hydroxylation sites is 1. The Morgan fingerprint density at radius 3 is 2.88 bits per heavy atom. The summed E-state index contributed by atoms with van der Waals surface area (Å²) in [6, 6.07) is 14.5. The normalized spacial score (nSPS) is 16.6. The van der Waals surface area contributed by atoms with Crippen LogP contribution in [0.25, 0.3) is 0 Å². The Bertz CT molecular complexity index is 806. The molecule has 3 N–H and O–H groups in total. The maximum absolute atomic E-state index is 13.2. The molecule has 26 heavy (non-hydrogen) atoms. The van der Waals surface area contributed by atoms with Gasteiger partial charge < -0.3 is 16.0 Å². The maximum Gasteiger partial charge on any atom is 0.225 e. The molecule has 0 bridgehead atoms. The third-order valence-corrected chi connectivity index (χ3v) is 4.44. The zero-order chi connectivity index (χ0) is 18.4. The first-order valence-electron chi connectivity index (χ1n) is 8.73. The van der Waals surface area contributed by atoms with Crippen LogP contribution in [0.2, 0.25) is 0 Å². The Balaban J connectivity index is 1.52. The van der Waals surface area contributed by atoms with Gasteiger partial charge in [-0.15, -0.1) is 0 Å². The van der Waals surface area contributed by atoms with Gasteiger partial charge in [-0.3, -0.25) is 9.79 Å². The van der Waals surface area contributed by atoms with Gasteiger partial charge in [-0.05, 0) is 35.7 Å². The summed E-state index contributed by atoms with van der Waals surface area (Å²) in [5.41, 5.74) is 2.95. The molecule has 1 atom stereocenters. The quantitative estimate of drug-likeness (QED) is 0.571. The van der Waals surface area contributed by atoms with Crippen molar-refractivity contribution in [3.05, 3.63) is 65.5 Å². The van der Waals surface area contributed by atoms with Crippen molar-refractivity contribution in [2.45, 2.75) is 18.8 Å². The third-order valence-electron chi connectivity index (χ3n) is 4.44. The van der Waals surface area contributed by atoms with E-state index in [1.54, 1.807) is 13.1 Å². The number of carbonyl (C=O) groups is 1. The first kappa shape index (κ1) is 17.9. The van der Waals surface area contributed by atoms with Crippen molar-refractivity contribution >= 4 is 17.6 Å². The highest BCUT2D eigenvalue weighted by atomic mass is 19.1. The second-order valence-corrected chi connectivity index (χ2v) is 6.30. The molecule has 0 aliphatic carbocycles. The molecule has 2 aromatic carbocycles. The third kappa shape index (κ3) is 4.59. The Labute approximate surface area is 152 Å². The van der Waals surface area contributed by atoms with Crippen LogP contribution in [-0.2, 0) is 11.2 Å². The van der Waals surface area contributed by atoms with E-state index in [2.05, 4.69) is 20.9 Å². The van der Waals surface area contributed by atoms with E-state index in [-0.39, 0.29) is 17.6 Å². The summed E-state index contributed by atoms with van der Waals surface area (Å²) >= 11 is 0. The van der Waals surface area contributed by atoms with Gasteiger partial charge in [-0.25, -0.2) is 4.39 Å². The number of carbonyl (C=O) groups excluding carboxylic acids is 1. The summed E-state index contributed by atoms with van der Waals surface area (Å²) in [5.74, 6) is 0.579. The number of amides is 1. The highest BCUT2D eigenvalue weighted by Crippen LogP contribution is 2.31. The largest absolute Gasteiger partial charge is 0.356 e. The van der Waals surface area contributed by atoms with Gasteiger partial charge in [0.15, 0.2) is 5.96 Å². The van der Waals surface area contributed by atoms with Gasteiger partial charge in [0.05, 0.1) is 0 Å². The molecule has 136 valence electrons. The molecule has 3 rings (SSSR count). The number of guanidine groups is 1. The first-order chi connectivity index (χ1) is 12.7. The smallest absolute Gasteiger partial charge is 0.225 e. The number of benzene rings is 2. The summed E-state index contributed by atoms with van der Waals surface area (Å²) in [7, 11) is 1.71. The SMILES string of the molecule is CN=C(NCCc1cccc(F)c1)NCC1CC(=O)Nc2ccccc21. The van der Waals surface area contributed by atoms with E-state index in [1.165, 1.54) is 12.1 Å². The second-order valence-electron chi connectivity index (χ2n) is 6.30. The van der Waals surface area contributed by atoms with E-state index in [4.69, 9.17) is 0 Å². The van der Waals surface area contributed by atoms with Crippen molar-refractivity contribution in [3.63, 3.8) is 0 Å². The molecule has 2 aromatic rings. The number of hydrogen-bond donors (Lipinski definition) is 3. The topological polar surface area (TPSA) is 65.5 Å². The van der Waals surface area contributed by atoms with Crippen LogP contribution in [0.4, 0.5) is 10.1 Å². The van der Waals surface area contributed by atoms with Gasteiger partial charge in [0.25, 0.3) is 0 Å². The molecule has 0 saturated carbocycles. The Hall–Kier alpha value is -2.89. The van der Waals surface area contributed by atoms with Crippen molar-refractivity contribution in [2.75, 3.05) is 25.5 Å². The summed E-state index contributed by atoms with van der Waals surface area (Å²) in [6.45, 7) is 1.26. The van der Waals surface area contributed by atoms with Crippen LogP contribution in [0.15, 0.2) is 53.5 Å². The molecule has 5 nitrogen and oxygen atoms in total. The minimum atomic E-state index is -0.223. The molecular weight excluding hydrogens is 331 g/mol. The van der Waals surface area contributed by atoms with Crippen LogP contribution in [0.1, 0.15) is 23.5 Å². The Morgan fingerprint density at radius 1 is 1.23 bits per heavy atom. The van der Waals surface area contributed by atoms with Crippen LogP contribution in [0, 0.1) is 5.82 Å². The van der Waals surface area contributed by atoms with Crippen LogP contribution < -0.4 is 16.0 Å². The number of rotatable bonds is 5. The fourth-order valence-electron chi connectivity index (χ4n) is 3.14. The lowest BCUT2D eigenvalue weighted by molar-refractivity contribution is -0.116. The van der Waals surface area contributed by atoms with Crippen molar-refractivity contribution < 1.29 is 9.18 Å². The number of hydrogen-bond acceptors (Lipinski definition) is 2. The van der Waals surface area contributed by atoms with Gasteiger partial charge in [0.2, 0.25) is 5.91 Å². The predicted octanol–water partition coefficient (Wildman–Crippen LogP) is 2.66. The van der Waals surface area contributed by atoms with Crippen molar-refractivity contribution in [2.24, 2.45) is 4.99 Å². The lowest BCUT2D eigenvalue weighted by Crippen LogP contribution is -2.41. The zero-order valence-electron chi connectivity index (χ0n) is 14.8. The number of halogens is 1. The molecule has 0 spiro atoms. The summed E-state index contributed by atoms with van der Waals surface area (Å²) in [5, 5.41) is 9.42. The molecule has 6 heteroatoms. The number of nitrogens with one attached hydrogen (secondary N) is 3. The van der Waals surface area contributed by atoms with Crippen molar-refractivity contribution in [3.8, 4) is 0 Å². The van der Waals surface area contributed by atoms with E-state index in [9.17, 15) is 9.18 Å². The molecule has 0 saturated heterocycles.